The summed E-state index contributed by atoms with van der Waals surface area (Å²) < 4.78 is 18.9. The van der Waals surface area contributed by atoms with Crippen molar-refractivity contribution in [3.8, 4) is 5.75 Å². The van der Waals surface area contributed by atoms with Crippen LogP contribution in [0.2, 0.25) is 0 Å². The fourth-order valence-corrected chi connectivity index (χ4v) is 1.79. The minimum absolute atomic E-state index is 0.255. The molecule has 100 valence electrons. The van der Waals surface area contributed by atoms with Crippen molar-refractivity contribution in [3.05, 3.63) is 47.8 Å². The van der Waals surface area contributed by atoms with Crippen molar-refractivity contribution in [2.75, 3.05) is 17.7 Å². The lowest BCUT2D eigenvalue weighted by atomic mass is 10.2. The van der Waals surface area contributed by atoms with Gasteiger partial charge in [0.25, 0.3) is 0 Å². The summed E-state index contributed by atoms with van der Waals surface area (Å²) in [6.45, 7) is 4.23. The predicted molar refractivity (Wildman–Crippen MR) is 76.4 cm³/mol. The summed E-state index contributed by atoms with van der Waals surface area (Å²) in [5, 5.41) is 3.10. The molecule has 2 aromatic rings. The van der Waals surface area contributed by atoms with Crippen molar-refractivity contribution >= 4 is 17.1 Å². The van der Waals surface area contributed by atoms with Crippen LogP contribution in [0.4, 0.5) is 21.5 Å². The fraction of sp³-hybridized carbons (Fsp3) is 0.200. The zero-order chi connectivity index (χ0) is 13.8. The third-order valence-corrected chi connectivity index (χ3v) is 2.72. The van der Waals surface area contributed by atoms with Gasteiger partial charge in [0, 0.05) is 11.8 Å². The molecule has 0 atom stereocenters. The van der Waals surface area contributed by atoms with E-state index >= 15 is 0 Å². The van der Waals surface area contributed by atoms with E-state index in [0.717, 1.165) is 11.3 Å². The third kappa shape index (κ3) is 3.16. The molecule has 0 unspecified atom stereocenters. The lowest BCUT2D eigenvalue weighted by Gasteiger charge is -2.11. The van der Waals surface area contributed by atoms with Crippen molar-refractivity contribution < 1.29 is 9.13 Å². The highest BCUT2D eigenvalue weighted by atomic mass is 19.1. The molecular formula is C15H17FN2O. The van der Waals surface area contributed by atoms with Crippen molar-refractivity contribution in [1.82, 2.24) is 0 Å². The van der Waals surface area contributed by atoms with Gasteiger partial charge in [0.15, 0.2) is 11.6 Å². The van der Waals surface area contributed by atoms with Gasteiger partial charge in [-0.15, -0.1) is 0 Å². The van der Waals surface area contributed by atoms with Crippen molar-refractivity contribution in [1.29, 1.82) is 0 Å². The predicted octanol–water partition coefficient (Wildman–Crippen LogP) is 3.86. The van der Waals surface area contributed by atoms with Crippen LogP contribution in [-0.2, 0) is 0 Å². The molecule has 2 aromatic carbocycles. The first kappa shape index (κ1) is 13.2. The van der Waals surface area contributed by atoms with Crippen molar-refractivity contribution in [2.24, 2.45) is 0 Å². The van der Waals surface area contributed by atoms with E-state index < -0.39 is 5.82 Å². The zero-order valence-corrected chi connectivity index (χ0v) is 11.0. The number of nitrogens with two attached hydrogens (primary N) is 1. The second-order valence-corrected chi connectivity index (χ2v) is 4.29. The molecular weight excluding hydrogens is 243 g/mol. The summed E-state index contributed by atoms with van der Waals surface area (Å²) in [5.41, 5.74) is 8.99. The van der Waals surface area contributed by atoms with E-state index in [2.05, 4.69) is 5.32 Å². The second kappa shape index (κ2) is 5.61. The first-order valence-corrected chi connectivity index (χ1v) is 6.15. The molecule has 19 heavy (non-hydrogen) atoms. The van der Waals surface area contributed by atoms with Crippen molar-refractivity contribution in [2.45, 2.75) is 13.8 Å². The summed E-state index contributed by atoms with van der Waals surface area (Å²) in [5.74, 6) is -0.136. The molecule has 0 saturated carbocycles. The van der Waals surface area contributed by atoms with E-state index in [9.17, 15) is 4.39 Å². The smallest absolute Gasteiger partial charge is 0.167 e. The molecule has 0 aliphatic heterocycles. The minimum Gasteiger partial charge on any atom is -0.491 e. The molecule has 3 nitrogen and oxygen atoms in total. The molecule has 4 heteroatoms. The molecule has 0 aliphatic rings. The molecule has 0 spiro atoms. The van der Waals surface area contributed by atoms with Crippen LogP contribution in [-0.4, -0.2) is 6.61 Å². The van der Waals surface area contributed by atoms with Crippen LogP contribution < -0.4 is 15.8 Å². The maximum Gasteiger partial charge on any atom is 0.167 e. The SMILES string of the molecule is CCOc1ccc(Nc2cc(C)ccc2N)cc1F. The zero-order valence-electron chi connectivity index (χ0n) is 11.0. The largest absolute Gasteiger partial charge is 0.491 e. The van der Waals surface area contributed by atoms with Gasteiger partial charge in [-0.1, -0.05) is 6.07 Å². The van der Waals surface area contributed by atoms with Crippen LogP contribution in [0, 0.1) is 12.7 Å². The highest BCUT2D eigenvalue weighted by Crippen LogP contribution is 2.27. The number of benzene rings is 2. The van der Waals surface area contributed by atoms with E-state index in [0.29, 0.717) is 18.0 Å². The second-order valence-electron chi connectivity index (χ2n) is 4.29. The average Bonchev–Trinajstić information content (AvgIpc) is 2.37. The van der Waals surface area contributed by atoms with E-state index in [1.54, 1.807) is 12.1 Å². The molecule has 0 fully saturated rings. The molecule has 0 radical (unpaired) electrons. The van der Waals surface area contributed by atoms with Crippen LogP contribution in [0.3, 0.4) is 0 Å². The fourth-order valence-electron chi connectivity index (χ4n) is 1.79. The molecule has 0 bridgehead atoms. The summed E-state index contributed by atoms with van der Waals surface area (Å²) in [7, 11) is 0. The first-order chi connectivity index (χ1) is 9.10. The Hall–Kier alpha value is -2.23. The van der Waals surface area contributed by atoms with Crippen LogP contribution in [0.25, 0.3) is 0 Å². The highest BCUT2D eigenvalue weighted by molar-refractivity contribution is 5.73. The number of ether oxygens (including phenoxy) is 1. The molecule has 0 aliphatic carbocycles. The van der Waals surface area contributed by atoms with Gasteiger partial charge in [-0.2, -0.15) is 0 Å². The standard InChI is InChI=1S/C15H17FN2O/c1-3-19-15-7-5-11(9-12(15)16)18-14-8-10(2)4-6-13(14)17/h4-9,18H,3,17H2,1-2H3. The van der Waals surface area contributed by atoms with Gasteiger partial charge in [0.05, 0.1) is 18.0 Å². The van der Waals surface area contributed by atoms with E-state index in [1.807, 2.05) is 32.0 Å². The normalized spacial score (nSPS) is 10.3. The Labute approximate surface area is 112 Å². The van der Waals surface area contributed by atoms with E-state index in [4.69, 9.17) is 10.5 Å². The number of nitrogen functional groups attached to an aromatic ring is 1. The molecule has 0 aromatic heterocycles. The number of hydrogen-bond donors (Lipinski definition) is 2. The van der Waals surface area contributed by atoms with Gasteiger partial charge in [-0.05, 0) is 43.7 Å². The number of anilines is 3. The molecule has 3 N–H and O–H groups in total. The van der Waals surface area contributed by atoms with Crippen LogP contribution in [0.15, 0.2) is 36.4 Å². The Morgan fingerprint density at radius 1 is 1.21 bits per heavy atom. The maximum atomic E-state index is 13.7. The summed E-state index contributed by atoms with van der Waals surface area (Å²) in [6, 6.07) is 10.4. The number of aryl methyl sites for hydroxylation is 1. The van der Waals surface area contributed by atoms with Crippen LogP contribution >= 0.6 is 0 Å². The molecule has 2 rings (SSSR count). The van der Waals surface area contributed by atoms with Gasteiger partial charge >= 0.3 is 0 Å². The number of halogens is 1. The number of rotatable bonds is 4. The topological polar surface area (TPSA) is 47.3 Å². The highest BCUT2D eigenvalue weighted by Gasteiger charge is 2.06. The maximum absolute atomic E-state index is 13.7. The van der Waals surface area contributed by atoms with Gasteiger partial charge in [-0.25, -0.2) is 4.39 Å². The van der Waals surface area contributed by atoms with E-state index in [1.165, 1.54) is 6.07 Å². The Morgan fingerprint density at radius 3 is 2.68 bits per heavy atom. The number of nitrogens with one attached hydrogen (secondary N) is 1. The Morgan fingerprint density at radius 2 is 2.00 bits per heavy atom. The summed E-state index contributed by atoms with van der Waals surface area (Å²) >= 11 is 0. The lowest BCUT2D eigenvalue weighted by molar-refractivity contribution is 0.321. The van der Waals surface area contributed by atoms with Gasteiger partial charge in [0.2, 0.25) is 0 Å². The quantitative estimate of drug-likeness (QED) is 0.821. The molecule has 0 amide bonds. The average molecular weight is 260 g/mol. The Bertz CT molecular complexity index is 584. The van der Waals surface area contributed by atoms with Gasteiger partial charge < -0.3 is 15.8 Å². The van der Waals surface area contributed by atoms with Gasteiger partial charge in [0.1, 0.15) is 0 Å². The summed E-state index contributed by atoms with van der Waals surface area (Å²) in [4.78, 5) is 0. The van der Waals surface area contributed by atoms with E-state index in [-0.39, 0.29) is 5.75 Å². The van der Waals surface area contributed by atoms with Crippen LogP contribution in [0.5, 0.6) is 5.75 Å². The van der Waals surface area contributed by atoms with Gasteiger partial charge in [-0.3, -0.25) is 0 Å². The molecule has 0 heterocycles. The lowest BCUT2D eigenvalue weighted by Crippen LogP contribution is -1.99. The Kier molecular flexibility index (Phi) is 3.90. The molecule has 0 saturated heterocycles. The first-order valence-electron chi connectivity index (χ1n) is 6.15. The van der Waals surface area contributed by atoms with Crippen molar-refractivity contribution in [3.63, 3.8) is 0 Å². The summed E-state index contributed by atoms with van der Waals surface area (Å²) in [6.07, 6.45) is 0. The monoisotopic (exact) mass is 260 g/mol. The Balaban J connectivity index is 2.24. The number of hydrogen-bond acceptors (Lipinski definition) is 3. The minimum atomic E-state index is -0.391. The van der Waals surface area contributed by atoms with Crippen LogP contribution in [0.1, 0.15) is 12.5 Å². The third-order valence-electron chi connectivity index (χ3n) is 2.72.